The van der Waals surface area contributed by atoms with Crippen LogP contribution in [0.25, 0.3) is 5.69 Å². The second-order valence-electron chi connectivity index (χ2n) is 4.42. The Morgan fingerprint density at radius 1 is 1.40 bits per heavy atom. The molecule has 0 atom stereocenters. The van der Waals surface area contributed by atoms with Gasteiger partial charge in [-0.3, -0.25) is 0 Å². The van der Waals surface area contributed by atoms with E-state index in [2.05, 4.69) is 26.0 Å². The second-order valence-corrected chi connectivity index (χ2v) is 5.18. The Kier molecular flexibility index (Phi) is 3.71. The van der Waals surface area contributed by atoms with E-state index in [4.69, 9.17) is 9.47 Å². The van der Waals surface area contributed by atoms with E-state index < -0.39 is 5.82 Å². The molecule has 0 unspecified atom stereocenters. The van der Waals surface area contributed by atoms with Gasteiger partial charge in [-0.15, -0.1) is 0 Å². The molecule has 0 aromatic carbocycles. The average Bonchev–Trinajstić information content (AvgIpc) is 2.64. The number of hydrogen-bond donors (Lipinski definition) is 0. The lowest BCUT2D eigenvalue weighted by atomic mass is 10.1. The third kappa shape index (κ3) is 2.31. The zero-order valence-corrected chi connectivity index (χ0v) is 12.5. The first-order chi connectivity index (χ1) is 9.70. The van der Waals surface area contributed by atoms with E-state index in [0.717, 1.165) is 28.7 Å². The van der Waals surface area contributed by atoms with Gasteiger partial charge in [-0.2, -0.15) is 5.10 Å². The van der Waals surface area contributed by atoms with E-state index in [0.29, 0.717) is 18.9 Å². The van der Waals surface area contributed by atoms with Crippen molar-refractivity contribution < 1.29 is 13.9 Å². The largest absolute Gasteiger partial charge is 0.479 e. The van der Waals surface area contributed by atoms with Gasteiger partial charge in [0.25, 0.3) is 0 Å². The van der Waals surface area contributed by atoms with Gasteiger partial charge in [0, 0.05) is 24.5 Å². The van der Waals surface area contributed by atoms with Crippen molar-refractivity contribution in [2.75, 3.05) is 20.3 Å². The van der Waals surface area contributed by atoms with Crippen LogP contribution >= 0.6 is 15.9 Å². The summed E-state index contributed by atoms with van der Waals surface area (Å²) in [6.07, 6.45) is 3.08. The molecule has 20 heavy (non-hydrogen) atoms. The molecule has 0 saturated heterocycles. The highest BCUT2D eigenvalue weighted by atomic mass is 79.9. The minimum Gasteiger partial charge on any atom is -0.479 e. The van der Waals surface area contributed by atoms with Gasteiger partial charge in [-0.05, 0) is 15.9 Å². The molecule has 5 nitrogen and oxygen atoms in total. The molecule has 0 amide bonds. The maximum Gasteiger partial charge on any atom is 0.250 e. The van der Waals surface area contributed by atoms with Crippen LogP contribution in [0.3, 0.4) is 0 Å². The van der Waals surface area contributed by atoms with Crippen molar-refractivity contribution in [1.82, 2.24) is 14.8 Å². The summed E-state index contributed by atoms with van der Waals surface area (Å²) in [5.74, 6) is -0.523. The van der Waals surface area contributed by atoms with Crippen molar-refractivity contribution in [2.45, 2.75) is 12.8 Å². The molecule has 0 spiro atoms. The van der Waals surface area contributed by atoms with Gasteiger partial charge in [-0.1, -0.05) is 0 Å². The molecule has 3 rings (SSSR count). The van der Waals surface area contributed by atoms with Crippen molar-refractivity contribution in [2.24, 2.45) is 0 Å². The topological polar surface area (TPSA) is 49.2 Å². The number of ether oxygens (including phenoxy) is 2. The Morgan fingerprint density at radius 3 is 2.95 bits per heavy atom. The third-order valence-corrected chi connectivity index (χ3v) is 3.89. The van der Waals surface area contributed by atoms with E-state index in [1.807, 2.05) is 0 Å². The van der Waals surface area contributed by atoms with Gasteiger partial charge in [0.1, 0.15) is 4.60 Å². The van der Waals surface area contributed by atoms with Crippen molar-refractivity contribution in [3.63, 3.8) is 0 Å². The van der Waals surface area contributed by atoms with Crippen LogP contribution in [0.4, 0.5) is 4.39 Å². The summed E-state index contributed by atoms with van der Waals surface area (Å²) in [7, 11) is 1.39. The number of rotatable bonds is 2. The molecule has 1 aliphatic heterocycles. The fourth-order valence-corrected chi connectivity index (χ4v) is 2.89. The monoisotopic (exact) mass is 341 g/mol. The molecule has 3 heterocycles. The van der Waals surface area contributed by atoms with Gasteiger partial charge in [0.15, 0.2) is 5.82 Å². The lowest BCUT2D eigenvalue weighted by molar-refractivity contribution is 0.145. The van der Waals surface area contributed by atoms with E-state index in [9.17, 15) is 4.39 Å². The molecule has 0 bridgehead atoms. The molecule has 0 fully saturated rings. The summed E-state index contributed by atoms with van der Waals surface area (Å²) in [5, 5.41) is 4.43. The SMILES string of the molecule is COc1ncc(-n2nc(Br)c3c2CCOCC3)cc1F. The molecule has 1 aliphatic rings. The average molecular weight is 342 g/mol. The molecule has 0 aliphatic carbocycles. The van der Waals surface area contributed by atoms with Crippen molar-refractivity contribution in [3.8, 4) is 11.6 Å². The van der Waals surface area contributed by atoms with Gasteiger partial charge in [0.2, 0.25) is 5.88 Å². The van der Waals surface area contributed by atoms with Crippen LogP contribution in [0, 0.1) is 5.82 Å². The highest BCUT2D eigenvalue weighted by molar-refractivity contribution is 9.10. The standard InChI is InChI=1S/C13H13BrFN3O2/c1-19-13-10(15)6-8(7-16-13)18-11-3-5-20-4-2-9(11)12(14)17-18/h6-7H,2-5H2,1H3. The Balaban J connectivity index is 2.08. The smallest absolute Gasteiger partial charge is 0.250 e. The third-order valence-electron chi connectivity index (χ3n) is 3.25. The van der Waals surface area contributed by atoms with Crippen LogP contribution in [0.2, 0.25) is 0 Å². The summed E-state index contributed by atoms with van der Waals surface area (Å²) in [6.45, 7) is 1.31. The summed E-state index contributed by atoms with van der Waals surface area (Å²) >= 11 is 3.46. The van der Waals surface area contributed by atoms with Crippen molar-refractivity contribution in [1.29, 1.82) is 0 Å². The number of aromatic nitrogens is 3. The number of halogens is 2. The van der Waals surface area contributed by atoms with Gasteiger partial charge < -0.3 is 9.47 Å². The number of hydrogen-bond acceptors (Lipinski definition) is 4. The minimum atomic E-state index is -0.504. The van der Waals surface area contributed by atoms with Crippen LogP contribution < -0.4 is 4.74 Å². The van der Waals surface area contributed by atoms with Crippen LogP contribution in [0.1, 0.15) is 11.3 Å². The fourth-order valence-electron chi connectivity index (χ4n) is 2.30. The molecule has 0 N–H and O–H groups in total. The van der Waals surface area contributed by atoms with Crippen molar-refractivity contribution in [3.05, 3.63) is 33.9 Å². The summed E-state index contributed by atoms with van der Waals surface area (Å²) in [6, 6.07) is 1.37. The quantitative estimate of drug-likeness (QED) is 0.840. The highest BCUT2D eigenvalue weighted by Gasteiger charge is 2.20. The van der Waals surface area contributed by atoms with Crippen molar-refractivity contribution >= 4 is 15.9 Å². The summed E-state index contributed by atoms with van der Waals surface area (Å²) in [5.41, 5.74) is 2.71. The highest BCUT2D eigenvalue weighted by Crippen LogP contribution is 2.27. The van der Waals surface area contributed by atoms with Gasteiger partial charge in [0.05, 0.1) is 37.9 Å². The van der Waals surface area contributed by atoms with Gasteiger partial charge in [-0.25, -0.2) is 14.1 Å². The number of pyridine rings is 1. The zero-order valence-electron chi connectivity index (χ0n) is 10.9. The normalized spacial score (nSPS) is 14.8. The van der Waals surface area contributed by atoms with Crippen LogP contribution in [0.5, 0.6) is 5.88 Å². The maximum atomic E-state index is 13.8. The molecule has 2 aromatic rings. The predicted octanol–water partition coefficient (Wildman–Crippen LogP) is 2.29. The molecule has 106 valence electrons. The molecule has 7 heteroatoms. The molecule has 2 aromatic heterocycles. The number of fused-ring (bicyclic) bond motifs is 1. The van der Waals surface area contributed by atoms with Crippen LogP contribution in [-0.2, 0) is 17.6 Å². The van der Waals surface area contributed by atoms with Crippen LogP contribution in [0.15, 0.2) is 16.9 Å². The number of methoxy groups -OCH3 is 1. The van der Waals surface area contributed by atoms with Gasteiger partial charge >= 0.3 is 0 Å². The Labute approximate surface area is 123 Å². The first kappa shape index (κ1) is 13.5. The van der Waals surface area contributed by atoms with E-state index in [-0.39, 0.29) is 5.88 Å². The molecular weight excluding hydrogens is 329 g/mol. The van der Waals surface area contributed by atoms with E-state index >= 15 is 0 Å². The minimum absolute atomic E-state index is 0.0191. The first-order valence-electron chi connectivity index (χ1n) is 6.24. The molecule has 0 radical (unpaired) electrons. The molecular formula is C13H13BrFN3O2. The second kappa shape index (κ2) is 5.49. The molecule has 0 saturated carbocycles. The maximum absolute atomic E-state index is 13.8. The Morgan fingerprint density at radius 2 is 2.20 bits per heavy atom. The Hall–Kier alpha value is -1.47. The van der Waals surface area contributed by atoms with Crippen LogP contribution in [-0.4, -0.2) is 35.1 Å². The predicted molar refractivity (Wildman–Crippen MR) is 73.8 cm³/mol. The zero-order chi connectivity index (χ0) is 14.1. The Bertz CT molecular complexity index is 645. The fraction of sp³-hybridized carbons (Fsp3) is 0.385. The first-order valence-corrected chi connectivity index (χ1v) is 7.04. The summed E-state index contributed by atoms with van der Waals surface area (Å²) in [4.78, 5) is 3.95. The summed E-state index contributed by atoms with van der Waals surface area (Å²) < 4.78 is 26.6. The lowest BCUT2D eigenvalue weighted by Crippen LogP contribution is -2.06. The van der Waals surface area contributed by atoms with E-state index in [1.165, 1.54) is 13.2 Å². The van der Waals surface area contributed by atoms with E-state index in [1.54, 1.807) is 10.9 Å². The lowest BCUT2D eigenvalue weighted by Gasteiger charge is -2.08. The number of nitrogens with zero attached hydrogens (tertiary/aromatic N) is 3.